The highest BCUT2D eigenvalue weighted by Gasteiger charge is 2.14. The van der Waals surface area contributed by atoms with Crippen LogP contribution >= 0.6 is 12.4 Å². The van der Waals surface area contributed by atoms with Gasteiger partial charge in [-0.25, -0.2) is 0 Å². The Hall–Kier alpha value is -1.22. The van der Waals surface area contributed by atoms with Gasteiger partial charge in [-0.15, -0.1) is 12.4 Å². The van der Waals surface area contributed by atoms with Crippen molar-refractivity contribution in [3.8, 4) is 0 Å². The molecule has 3 nitrogen and oxygen atoms in total. The van der Waals surface area contributed by atoms with Gasteiger partial charge in [-0.05, 0) is 36.5 Å². The molecule has 1 aliphatic carbocycles. The van der Waals surface area contributed by atoms with Crippen molar-refractivity contribution in [3.05, 3.63) is 29.8 Å². The molecule has 1 fully saturated rings. The van der Waals surface area contributed by atoms with Crippen LogP contribution in [0.5, 0.6) is 0 Å². The fourth-order valence-electron chi connectivity index (χ4n) is 2.53. The van der Waals surface area contributed by atoms with E-state index in [2.05, 4.69) is 5.32 Å². The lowest BCUT2D eigenvalue weighted by Crippen LogP contribution is -2.31. The predicted octanol–water partition coefficient (Wildman–Crippen LogP) is 2.93. The predicted molar refractivity (Wildman–Crippen MR) is 81.4 cm³/mol. The molecule has 0 radical (unpaired) electrons. The van der Waals surface area contributed by atoms with Crippen molar-refractivity contribution in [3.63, 3.8) is 0 Å². The number of nitrogens with one attached hydrogen (secondary N) is 1. The molecule has 1 amide bonds. The third kappa shape index (κ3) is 5.52. The third-order valence-electron chi connectivity index (χ3n) is 3.66. The van der Waals surface area contributed by atoms with Crippen LogP contribution in [0, 0.1) is 5.92 Å². The van der Waals surface area contributed by atoms with Gasteiger partial charge >= 0.3 is 0 Å². The topological polar surface area (TPSA) is 55.1 Å². The number of anilines is 1. The first-order valence-electron chi connectivity index (χ1n) is 6.85. The largest absolute Gasteiger partial charge is 0.399 e. The van der Waals surface area contributed by atoms with E-state index >= 15 is 0 Å². The van der Waals surface area contributed by atoms with E-state index in [9.17, 15) is 4.79 Å². The summed E-state index contributed by atoms with van der Waals surface area (Å²) in [5.41, 5.74) is 7.37. The van der Waals surface area contributed by atoms with Crippen LogP contribution in [0.3, 0.4) is 0 Å². The normalized spacial score (nSPS) is 15.6. The molecule has 0 saturated heterocycles. The van der Waals surface area contributed by atoms with E-state index in [1.165, 1.54) is 32.1 Å². The Balaban J connectivity index is 0.00000180. The first kappa shape index (κ1) is 15.8. The van der Waals surface area contributed by atoms with Crippen LogP contribution in [0.2, 0.25) is 0 Å². The molecule has 1 saturated carbocycles. The van der Waals surface area contributed by atoms with Crippen molar-refractivity contribution in [1.29, 1.82) is 0 Å². The number of rotatable bonds is 4. The van der Waals surface area contributed by atoms with Crippen LogP contribution in [0.4, 0.5) is 5.69 Å². The Morgan fingerprint density at radius 3 is 2.42 bits per heavy atom. The highest BCUT2D eigenvalue weighted by Crippen LogP contribution is 2.22. The first-order valence-corrected chi connectivity index (χ1v) is 6.85. The number of halogens is 1. The molecule has 0 atom stereocenters. The van der Waals surface area contributed by atoms with Crippen molar-refractivity contribution in [2.75, 3.05) is 12.3 Å². The molecule has 1 aliphatic rings. The number of benzene rings is 1. The molecule has 0 spiro atoms. The molecule has 19 heavy (non-hydrogen) atoms. The van der Waals surface area contributed by atoms with Gasteiger partial charge < -0.3 is 11.1 Å². The Morgan fingerprint density at radius 1 is 1.16 bits per heavy atom. The molecule has 0 aromatic heterocycles. The quantitative estimate of drug-likeness (QED) is 0.834. The lowest BCUT2D eigenvalue weighted by Gasteiger charge is -2.21. The van der Waals surface area contributed by atoms with Crippen molar-refractivity contribution < 1.29 is 4.79 Å². The summed E-state index contributed by atoms with van der Waals surface area (Å²) in [6.45, 7) is 0.841. The van der Waals surface area contributed by atoms with Gasteiger partial charge in [-0.2, -0.15) is 0 Å². The van der Waals surface area contributed by atoms with E-state index in [4.69, 9.17) is 5.73 Å². The van der Waals surface area contributed by atoms with E-state index < -0.39 is 0 Å². The number of carbonyl (C=O) groups is 1. The zero-order valence-electron chi connectivity index (χ0n) is 11.2. The first-order chi connectivity index (χ1) is 8.74. The second-order valence-electron chi connectivity index (χ2n) is 5.23. The number of carbonyl (C=O) groups excluding carboxylic acids is 1. The van der Waals surface area contributed by atoms with E-state index in [1.54, 1.807) is 0 Å². The Bertz CT molecular complexity index is 386. The molecular formula is C15H23ClN2O. The van der Waals surface area contributed by atoms with Gasteiger partial charge in [0.25, 0.3) is 0 Å². The molecule has 0 aliphatic heterocycles. The minimum absolute atomic E-state index is 0. The third-order valence-corrected chi connectivity index (χ3v) is 3.66. The number of hydrogen-bond donors (Lipinski definition) is 2. The summed E-state index contributed by atoms with van der Waals surface area (Å²) in [5.74, 6) is 0.805. The molecule has 0 heterocycles. The summed E-state index contributed by atoms with van der Waals surface area (Å²) in [6.07, 6.45) is 6.98. The van der Waals surface area contributed by atoms with Crippen molar-refractivity contribution in [2.24, 2.45) is 5.92 Å². The van der Waals surface area contributed by atoms with Crippen LogP contribution in [0.25, 0.3) is 0 Å². The SMILES string of the molecule is Cl.Nc1ccc(CC(=O)NCC2CCCCC2)cc1. The monoisotopic (exact) mass is 282 g/mol. The fourth-order valence-corrected chi connectivity index (χ4v) is 2.53. The molecule has 4 heteroatoms. The Morgan fingerprint density at radius 2 is 1.79 bits per heavy atom. The zero-order chi connectivity index (χ0) is 12.8. The average molecular weight is 283 g/mol. The van der Waals surface area contributed by atoms with Gasteiger partial charge in [-0.1, -0.05) is 31.4 Å². The number of nitrogens with two attached hydrogens (primary N) is 1. The van der Waals surface area contributed by atoms with Gasteiger partial charge in [-0.3, -0.25) is 4.79 Å². The molecule has 0 bridgehead atoms. The van der Waals surface area contributed by atoms with E-state index in [1.807, 2.05) is 24.3 Å². The lowest BCUT2D eigenvalue weighted by atomic mass is 9.89. The highest BCUT2D eigenvalue weighted by atomic mass is 35.5. The Labute approximate surface area is 121 Å². The van der Waals surface area contributed by atoms with Crippen LogP contribution in [-0.4, -0.2) is 12.5 Å². The smallest absolute Gasteiger partial charge is 0.224 e. The maximum atomic E-state index is 11.8. The minimum Gasteiger partial charge on any atom is -0.399 e. The van der Waals surface area contributed by atoms with Gasteiger partial charge in [0.2, 0.25) is 5.91 Å². The number of nitrogen functional groups attached to an aromatic ring is 1. The van der Waals surface area contributed by atoms with Crippen LogP contribution < -0.4 is 11.1 Å². The van der Waals surface area contributed by atoms with Crippen molar-refractivity contribution in [2.45, 2.75) is 38.5 Å². The second kappa shape index (κ2) is 8.05. The van der Waals surface area contributed by atoms with Gasteiger partial charge in [0, 0.05) is 12.2 Å². The molecule has 1 aromatic carbocycles. The van der Waals surface area contributed by atoms with Crippen molar-refractivity contribution in [1.82, 2.24) is 5.32 Å². The van der Waals surface area contributed by atoms with Crippen LogP contribution in [-0.2, 0) is 11.2 Å². The average Bonchev–Trinajstić information content (AvgIpc) is 2.40. The van der Waals surface area contributed by atoms with E-state index in [-0.39, 0.29) is 18.3 Å². The molecule has 106 valence electrons. The second-order valence-corrected chi connectivity index (χ2v) is 5.23. The summed E-state index contributed by atoms with van der Waals surface area (Å²) in [4.78, 5) is 11.8. The molecular weight excluding hydrogens is 260 g/mol. The maximum Gasteiger partial charge on any atom is 0.224 e. The molecule has 2 rings (SSSR count). The number of hydrogen-bond acceptors (Lipinski definition) is 2. The summed E-state index contributed by atoms with van der Waals surface area (Å²) >= 11 is 0. The van der Waals surface area contributed by atoms with E-state index in [0.717, 1.165) is 17.8 Å². The van der Waals surface area contributed by atoms with Crippen LogP contribution in [0.15, 0.2) is 24.3 Å². The summed E-state index contributed by atoms with van der Waals surface area (Å²) in [6, 6.07) is 7.50. The Kier molecular flexibility index (Phi) is 6.71. The maximum absolute atomic E-state index is 11.8. The fraction of sp³-hybridized carbons (Fsp3) is 0.533. The molecule has 0 unspecified atom stereocenters. The summed E-state index contributed by atoms with van der Waals surface area (Å²) in [5, 5.41) is 3.05. The lowest BCUT2D eigenvalue weighted by molar-refractivity contribution is -0.120. The molecule has 1 aromatic rings. The summed E-state index contributed by atoms with van der Waals surface area (Å²) in [7, 11) is 0. The van der Waals surface area contributed by atoms with Crippen LogP contribution in [0.1, 0.15) is 37.7 Å². The van der Waals surface area contributed by atoms with Crippen molar-refractivity contribution >= 4 is 24.0 Å². The van der Waals surface area contributed by atoms with Gasteiger partial charge in [0.15, 0.2) is 0 Å². The minimum atomic E-state index is 0. The highest BCUT2D eigenvalue weighted by molar-refractivity contribution is 5.85. The van der Waals surface area contributed by atoms with Gasteiger partial charge in [0.1, 0.15) is 0 Å². The van der Waals surface area contributed by atoms with Gasteiger partial charge in [0.05, 0.1) is 6.42 Å². The standard InChI is InChI=1S/C15H22N2O.ClH/c16-14-8-6-12(7-9-14)10-15(18)17-11-13-4-2-1-3-5-13;/h6-9,13H,1-5,10-11,16H2,(H,17,18);1H. The molecule has 3 N–H and O–H groups in total. The number of amides is 1. The zero-order valence-corrected chi connectivity index (χ0v) is 12.0. The van der Waals surface area contributed by atoms with E-state index in [0.29, 0.717) is 12.3 Å². The summed E-state index contributed by atoms with van der Waals surface area (Å²) < 4.78 is 0.